The molecule has 1 aliphatic heterocycles. The van der Waals surface area contributed by atoms with Crippen LogP contribution in [0.2, 0.25) is 0 Å². The van der Waals surface area contributed by atoms with Crippen LogP contribution < -0.4 is 0 Å². The minimum atomic E-state index is -0.374. The summed E-state index contributed by atoms with van der Waals surface area (Å²) in [5.41, 5.74) is 0.949. The summed E-state index contributed by atoms with van der Waals surface area (Å²) >= 11 is 1.57. The maximum absolute atomic E-state index is 11.1. The summed E-state index contributed by atoms with van der Waals surface area (Å²) in [5, 5.41) is 3.86. The first-order valence-electron chi connectivity index (χ1n) is 3.26. The van der Waals surface area contributed by atoms with Crippen molar-refractivity contribution >= 4 is 17.1 Å². The maximum atomic E-state index is 11.1. The minimum absolute atomic E-state index is 0.0309. The maximum Gasteiger partial charge on any atom is 0.203 e. The van der Waals surface area contributed by atoms with Gasteiger partial charge in [0.05, 0.1) is 6.26 Å². The molecule has 0 radical (unpaired) electrons. The van der Waals surface area contributed by atoms with E-state index in [2.05, 4.69) is 0 Å². The molecule has 2 nitrogen and oxygen atoms in total. The molecule has 0 bridgehead atoms. The fourth-order valence-corrected chi connectivity index (χ4v) is 1.68. The highest BCUT2D eigenvalue weighted by Crippen LogP contribution is 2.25. The van der Waals surface area contributed by atoms with Crippen molar-refractivity contribution in [3.63, 3.8) is 0 Å². The molecule has 1 atom stereocenters. The molecule has 0 fully saturated rings. The summed E-state index contributed by atoms with van der Waals surface area (Å²) < 4.78 is 5.09. The monoisotopic (exact) mass is 166 g/mol. The highest BCUT2D eigenvalue weighted by molar-refractivity contribution is 7.08. The van der Waals surface area contributed by atoms with Gasteiger partial charge in [-0.15, -0.1) is 0 Å². The Morgan fingerprint density at radius 1 is 1.55 bits per heavy atom. The smallest absolute Gasteiger partial charge is 0.203 e. The molecular weight excluding hydrogens is 160 g/mol. The Labute approximate surface area is 68.1 Å². The van der Waals surface area contributed by atoms with E-state index in [4.69, 9.17) is 4.74 Å². The number of carbonyl (C=O) groups excluding carboxylic acids is 1. The van der Waals surface area contributed by atoms with Crippen LogP contribution in [0, 0.1) is 0 Å². The highest BCUT2D eigenvalue weighted by atomic mass is 32.1. The molecule has 56 valence electrons. The summed E-state index contributed by atoms with van der Waals surface area (Å²) in [6, 6.07) is 1.90. The van der Waals surface area contributed by atoms with Gasteiger partial charge in [0.15, 0.2) is 6.10 Å². The van der Waals surface area contributed by atoms with Crippen molar-refractivity contribution in [1.29, 1.82) is 0 Å². The lowest BCUT2D eigenvalue weighted by Gasteiger charge is -2.04. The van der Waals surface area contributed by atoms with Crippen LogP contribution in [0.4, 0.5) is 0 Å². The number of carbonyl (C=O) groups is 1. The molecular formula is C8H6O2S. The van der Waals surface area contributed by atoms with E-state index >= 15 is 0 Å². The number of thiophene rings is 1. The van der Waals surface area contributed by atoms with E-state index in [0.29, 0.717) is 0 Å². The SMILES string of the molecule is O=C1C=COC1c1ccsc1. The average Bonchev–Trinajstić information content (AvgIpc) is 2.55. The Morgan fingerprint density at radius 3 is 3.00 bits per heavy atom. The lowest BCUT2D eigenvalue weighted by molar-refractivity contribution is -0.120. The largest absolute Gasteiger partial charge is 0.485 e. The first-order chi connectivity index (χ1) is 5.38. The lowest BCUT2D eigenvalue weighted by atomic mass is 10.1. The van der Waals surface area contributed by atoms with Gasteiger partial charge in [-0.25, -0.2) is 0 Å². The molecule has 0 saturated heterocycles. The van der Waals surface area contributed by atoms with Gasteiger partial charge in [-0.05, 0) is 16.8 Å². The van der Waals surface area contributed by atoms with Crippen molar-refractivity contribution in [1.82, 2.24) is 0 Å². The molecule has 0 amide bonds. The molecule has 1 aromatic heterocycles. The van der Waals surface area contributed by atoms with Gasteiger partial charge in [-0.3, -0.25) is 4.79 Å². The van der Waals surface area contributed by atoms with Crippen molar-refractivity contribution in [3.8, 4) is 0 Å². The zero-order valence-corrected chi connectivity index (χ0v) is 6.51. The lowest BCUT2D eigenvalue weighted by Crippen LogP contribution is -2.04. The van der Waals surface area contributed by atoms with Crippen LogP contribution >= 0.6 is 11.3 Å². The zero-order chi connectivity index (χ0) is 7.68. The van der Waals surface area contributed by atoms with E-state index in [0.717, 1.165) is 5.56 Å². The third-order valence-corrected chi connectivity index (χ3v) is 2.25. The average molecular weight is 166 g/mol. The van der Waals surface area contributed by atoms with E-state index in [1.807, 2.05) is 16.8 Å². The van der Waals surface area contributed by atoms with Crippen LogP contribution in [0.15, 0.2) is 29.2 Å². The second-order valence-electron chi connectivity index (χ2n) is 2.28. The Bertz CT molecular complexity index is 287. The molecule has 1 aromatic rings. The normalized spacial score (nSPS) is 22.2. The number of hydrogen-bond acceptors (Lipinski definition) is 3. The molecule has 0 aliphatic carbocycles. The molecule has 3 heteroatoms. The number of hydrogen-bond donors (Lipinski definition) is 0. The van der Waals surface area contributed by atoms with Gasteiger partial charge in [0.2, 0.25) is 5.78 Å². The Morgan fingerprint density at radius 2 is 2.45 bits per heavy atom. The molecule has 11 heavy (non-hydrogen) atoms. The molecule has 2 heterocycles. The number of ketones is 1. The molecule has 0 spiro atoms. The van der Waals surface area contributed by atoms with Crippen LogP contribution in [-0.2, 0) is 9.53 Å². The minimum Gasteiger partial charge on any atom is -0.485 e. The van der Waals surface area contributed by atoms with Crippen molar-refractivity contribution < 1.29 is 9.53 Å². The Hall–Kier alpha value is -1.09. The van der Waals surface area contributed by atoms with Gasteiger partial charge in [0, 0.05) is 11.6 Å². The van der Waals surface area contributed by atoms with Crippen LogP contribution in [-0.4, -0.2) is 5.78 Å². The van der Waals surface area contributed by atoms with Gasteiger partial charge in [0.25, 0.3) is 0 Å². The van der Waals surface area contributed by atoms with E-state index in [1.54, 1.807) is 11.3 Å². The van der Waals surface area contributed by atoms with Crippen LogP contribution in [0.1, 0.15) is 11.7 Å². The first-order valence-corrected chi connectivity index (χ1v) is 4.20. The molecule has 1 unspecified atom stereocenters. The van der Waals surface area contributed by atoms with E-state index in [9.17, 15) is 4.79 Å². The quantitative estimate of drug-likeness (QED) is 0.637. The van der Waals surface area contributed by atoms with Gasteiger partial charge in [0.1, 0.15) is 0 Å². The summed E-state index contributed by atoms with van der Waals surface area (Å²) in [6.45, 7) is 0. The highest BCUT2D eigenvalue weighted by Gasteiger charge is 2.23. The molecule has 0 aromatic carbocycles. The standard InChI is InChI=1S/C8H6O2S/c9-7-1-3-10-8(7)6-2-4-11-5-6/h1-5,8H. The fourth-order valence-electron chi connectivity index (χ4n) is 1.01. The van der Waals surface area contributed by atoms with Crippen molar-refractivity contribution in [2.45, 2.75) is 6.10 Å². The summed E-state index contributed by atoms with van der Waals surface area (Å²) in [7, 11) is 0. The zero-order valence-electron chi connectivity index (χ0n) is 5.69. The molecule has 0 saturated carbocycles. The molecule has 1 aliphatic rings. The molecule has 0 N–H and O–H groups in total. The van der Waals surface area contributed by atoms with E-state index < -0.39 is 0 Å². The first kappa shape index (κ1) is 6.61. The molecule has 2 rings (SSSR count). The summed E-state index contributed by atoms with van der Waals surface area (Å²) in [5.74, 6) is 0.0309. The Kier molecular flexibility index (Phi) is 1.51. The Balaban J connectivity index is 2.26. The predicted molar refractivity (Wildman–Crippen MR) is 42.3 cm³/mol. The van der Waals surface area contributed by atoms with Crippen molar-refractivity contribution in [2.24, 2.45) is 0 Å². The van der Waals surface area contributed by atoms with Crippen LogP contribution in [0.5, 0.6) is 0 Å². The second kappa shape index (κ2) is 2.51. The van der Waals surface area contributed by atoms with Crippen LogP contribution in [0.25, 0.3) is 0 Å². The van der Waals surface area contributed by atoms with Crippen molar-refractivity contribution in [3.05, 3.63) is 34.7 Å². The van der Waals surface area contributed by atoms with Crippen molar-refractivity contribution in [2.75, 3.05) is 0 Å². The van der Waals surface area contributed by atoms with Gasteiger partial charge < -0.3 is 4.74 Å². The van der Waals surface area contributed by atoms with Gasteiger partial charge in [-0.2, -0.15) is 11.3 Å². The van der Waals surface area contributed by atoms with E-state index in [1.165, 1.54) is 12.3 Å². The van der Waals surface area contributed by atoms with Crippen LogP contribution in [0.3, 0.4) is 0 Å². The van der Waals surface area contributed by atoms with E-state index in [-0.39, 0.29) is 11.9 Å². The number of ether oxygens (including phenoxy) is 1. The van der Waals surface area contributed by atoms with Gasteiger partial charge >= 0.3 is 0 Å². The van der Waals surface area contributed by atoms with Gasteiger partial charge in [-0.1, -0.05) is 0 Å². The third-order valence-electron chi connectivity index (χ3n) is 1.55. The predicted octanol–water partition coefficient (Wildman–Crippen LogP) is 1.90. The summed E-state index contributed by atoms with van der Waals surface area (Å²) in [4.78, 5) is 11.1. The fraction of sp³-hybridized carbons (Fsp3) is 0.125. The summed E-state index contributed by atoms with van der Waals surface area (Å²) in [6.07, 6.45) is 2.54. The third kappa shape index (κ3) is 1.07. The second-order valence-corrected chi connectivity index (χ2v) is 3.06. The number of rotatable bonds is 1. The topological polar surface area (TPSA) is 26.3 Å².